The van der Waals surface area contributed by atoms with E-state index in [4.69, 9.17) is 20.9 Å². The van der Waals surface area contributed by atoms with Gasteiger partial charge < -0.3 is 42.2 Å². The lowest BCUT2D eigenvalue weighted by molar-refractivity contribution is -0.134. The molecule has 210 valence electrons. The third-order valence-corrected chi connectivity index (χ3v) is 5.12. The monoisotopic (exact) mass is 530 g/mol. The molecular formula is C21H38N8O8. The molecule has 1 aliphatic heterocycles. The summed E-state index contributed by atoms with van der Waals surface area (Å²) in [4.78, 5) is 73.7. The number of hydrogen-bond donors (Lipinski definition) is 8. The fourth-order valence-corrected chi connectivity index (χ4v) is 3.17. The standard InChI is InChI=1S/C21H38N8O8/c1-2-13-19(33)28-29-20(34)15(11-16(23)30)27-21(35)26-14(5-3-4-6-22)18(32)24-7-8-36-9-10-37-12-17(31)25-13/h13-15H,2-12,22H2,1H3,(H2,23,30)(H,24,32)(H,25,31)(H,28,33)(H,29,34)(H2,26,27,35)/t13-,14-,15-/m0/s1. The molecule has 0 aromatic heterocycles. The van der Waals surface area contributed by atoms with E-state index in [1.807, 2.05) is 0 Å². The molecule has 0 aromatic carbocycles. The van der Waals surface area contributed by atoms with E-state index in [1.165, 1.54) is 0 Å². The van der Waals surface area contributed by atoms with Crippen molar-refractivity contribution >= 4 is 35.6 Å². The van der Waals surface area contributed by atoms with Gasteiger partial charge in [0.1, 0.15) is 24.7 Å². The number of primary amides is 1. The average molecular weight is 531 g/mol. The molecule has 7 amide bonds. The molecule has 0 aromatic rings. The zero-order valence-electron chi connectivity index (χ0n) is 20.9. The molecule has 0 radical (unpaired) electrons. The van der Waals surface area contributed by atoms with E-state index in [0.717, 1.165) is 0 Å². The number of hydrazine groups is 1. The number of unbranched alkanes of at least 4 members (excludes halogenated alkanes) is 1. The number of hydrogen-bond acceptors (Lipinski definition) is 9. The third-order valence-electron chi connectivity index (χ3n) is 5.12. The Morgan fingerprint density at radius 1 is 0.865 bits per heavy atom. The van der Waals surface area contributed by atoms with E-state index in [-0.39, 0.29) is 45.8 Å². The topological polar surface area (TPSA) is 245 Å². The lowest BCUT2D eigenvalue weighted by atomic mass is 10.1. The number of urea groups is 1. The zero-order valence-corrected chi connectivity index (χ0v) is 20.9. The first-order valence-electron chi connectivity index (χ1n) is 12.1. The fraction of sp³-hybridized carbons (Fsp3) is 0.714. The lowest BCUT2D eigenvalue weighted by Gasteiger charge is -2.22. The molecule has 1 rings (SSSR count). The second kappa shape index (κ2) is 17.9. The molecule has 16 nitrogen and oxygen atoms in total. The Morgan fingerprint density at radius 2 is 1.51 bits per heavy atom. The van der Waals surface area contributed by atoms with Crippen molar-refractivity contribution in [2.24, 2.45) is 11.5 Å². The summed E-state index contributed by atoms with van der Waals surface area (Å²) in [6.45, 7) is 2.29. The predicted octanol–water partition coefficient (Wildman–Crippen LogP) is -3.77. The molecule has 1 heterocycles. The highest BCUT2D eigenvalue weighted by atomic mass is 16.5. The number of carbonyl (C=O) groups is 6. The molecule has 16 heteroatoms. The number of rotatable bonds is 7. The number of nitrogens with two attached hydrogens (primary N) is 2. The Morgan fingerprint density at radius 3 is 2.16 bits per heavy atom. The maximum atomic E-state index is 12.6. The summed E-state index contributed by atoms with van der Waals surface area (Å²) in [6.07, 6.45) is 1.06. The Balaban J connectivity index is 2.99. The van der Waals surface area contributed by atoms with Crippen LogP contribution in [0.15, 0.2) is 0 Å². The molecule has 0 spiro atoms. The molecule has 0 aliphatic carbocycles. The predicted molar refractivity (Wildman–Crippen MR) is 129 cm³/mol. The van der Waals surface area contributed by atoms with Gasteiger partial charge in [-0.3, -0.25) is 34.8 Å². The summed E-state index contributed by atoms with van der Waals surface area (Å²) in [6, 6.07) is -4.31. The van der Waals surface area contributed by atoms with Gasteiger partial charge >= 0.3 is 6.03 Å². The van der Waals surface area contributed by atoms with Crippen LogP contribution < -0.4 is 43.6 Å². The van der Waals surface area contributed by atoms with Gasteiger partial charge in [-0.25, -0.2) is 4.79 Å². The van der Waals surface area contributed by atoms with Crippen LogP contribution in [0, 0.1) is 0 Å². The molecule has 10 N–H and O–H groups in total. The first-order chi connectivity index (χ1) is 17.7. The molecule has 0 unspecified atom stereocenters. The van der Waals surface area contributed by atoms with Crippen molar-refractivity contribution in [2.75, 3.05) is 39.5 Å². The first-order valence-corrected chi connectivity index (χ1v) is 12.1. The number of ether oxygens (including phenoxy) is 2. The average Bonchev–Trinajstić information content (AvgIpc) is 2.85. The smallest absolute Gasteiger partial charge is 0.316 e. The lowest BCUT2D eigenvalue weighted by Crippen LogP contribution is -2.59. The highest BCUT2D eigenvalue weighted by molar-refractivity contribution is 5.94. The van der Waals surface area contributed by atoms with Crippen LogP contribution >= 0.6 is 0 Å². The van der Waals surface area contributed by atoms with Crippen molar-refractivity contribution in [1.29, 1.82) is 0 Å². The summed E-state index contributed by atoms with van der Waals surface area (Å²) in [5, 5.41) is 9.87. The van der Waals surface area contributed by atoms with Crippen LogP contribution in [0.1, 0.15) is 39.0 Å². The molecular weight excluding hydrogens is 492 g/mol. The van der Waals surface area contributed by atoms with Crippen molar-refractivity contribution in [3.63, 3.8) is 0 Å². The minimum absolute atomic E-state index is 0.102. The van der Waals surface area contributed by atoms with Gasteiger partial charge in [0.25, 0.3) is 11.8 Å². The Labute approximate surface area is 214 Å². The van der Waals surface area contributed by atoms with Crippen molar-refractivity contribution in [1.82, 2.24) is 32.1 Å². The molecule has 1 saturated heterocycles. The van der Waals surface area contributed by atoms with Gasteiger partial charge in [0.05, 0.1) is 26.2 Å². The molecule has 1 aliphatic rings. The molecule has 3 atom stereocenters. The van der Waals surface area contributed by atoms with E-state index >= 15 is 0 Å². The molecule has 37 heavy (non-hydrogen) atoms. The molecule has 0 saturated carbocycles. The third kappa shape index (κ3) is 13.4. The minimum atomic E-state index is -1.46. The first kappa shape index (κ1) is 31.5. The van der Waals surface area contributed by atoms with Gasteiger partial charge in [0.2, 0.25) is 17.7 Å². The highest BCUT2D eigenvalue weighted by Crippen LogP contribution is 2.02. The summed E-state index contributed by atoms with van der Waals surface area (Å²) in [5.74, 6) is -3.62. The van der Waals surface area contributed by atoms with Crippen molar-refractivity contribution < 1.29 is 38.2 Å². The Bertz CT molecular complexity index is 797. The zero-order chi connectivity index (χ0) is 27.6. The Hall–Kier alpha value is -3.50. The SMILES string of the molecule is CC[C@@H]1NC(=O)COCCOCCNC(=O)[C@H](CCCCN)NC(=O)N[C@@H](CC(N)=O)C(=O)NNC1=O. The van der Waals surface area contributed by atoms with Gasteiger partial charge in [-0.2, -0.15) is 0 Å². The van der Waals surface area contributed by atoms with Gasteiger partial charge in [-0.15, -0.1) is 0 Å². The second-order valence-electron chi connectivity index (χ2n) is 8.14. The number of amides is 7. The second-order valence-corrected chi connectivity index (χ2v) is 8.14. The van der Waals surface area contributed by atoms with Crippen molar-refractivity contribution in [3.8, 4) is 0 Å². The van der Waals surface area contributed by atoms with Crippen molar-refractivity contribution in [2.45, 2.75) is 57.2 Å². The van der Waals surface area contributed by atoms with E-state index < -0.39 is 60.1 Å². The quantitative estimate of drug-likeness (QED) is 0.150. The van der Waals surface area contributed by atoms with Crippen LogP contribution in [0.25, 0.3) is 0 Å². The summed E-state index contributed by atoms with van der Waals surface area (Å²) < 4.78 is 10.6. The minimum Gasteiger partial charge on any atom is -0.377 e. The van der Waals surface area contributed by atoms with Crippen molar-refractivity contribution in [3.05, 3.63) is 0 Å². The van der Waals surface area contributed by atoms with Crippen LogP contribution in [0.5, 0.6) is 0 Å². The summed E-state index contributed by atoms with van der Waals surface area (Å²) in [7, 11) is 0. The summed E-state index contributed by atoms with van der Waals surface area (Å²) in [5.41, 5.74) is 14.9. The maximum absolute atomic E-state index is 12.6. The van der Waals surface area contributed by atoms with Gasteiger partial charge in [0.15, 0.2) is 0 Å². The van der Waals surface area contributed by atoms with E-state index in [2.05, 4.69) is 32.1 Å². The van der Waals surface area contributed by atoms with E-state index in [1.54, 1.807) is 6.92 Å². The molecule has 1 fully saturated rings. The van der Waals surface area contributed by atoms with Crippen LogP contribution in [-0.2, 0) is 33.4 Å². The summed E-state index contributed by atoms with van der Waals surface area (Å²) >= 11 is 0. The van der Waals surface area contributed by atoms with Gasteiger partial charge in [-0.1, -0.05) is 6.92 Å². The van der Waals surface area contributed by atoms with Gasteiger partial charge in [-0.05, 0) is 32.2 Å². The maximum Gasteiger partial charge on any atom is 0.316 e. The Kier molecular flexibility index (Phi) is 15.2. The van der Waals surface area contributed by atoms with Crippen LogP contribution in [0.3, 0.4) is 0 Å². The molecule has 0 bridgehead atoms. The van der Waals surface area contributed by atoms with Crippen LogP contribution in [-0.4, -0.2) is 93.2 Å². The fourth-order valence-electron chi connectivity index (χ4n) is 3.17. The van der Waals surface area contributed by atoms with Gasteiger partial charge in [0, 0.05) is 6.54 Å². The number of nitrogens with one attached hydrogen (secondary N) is 6. The normalized spacial score (nSPS) is 23.7. The van der Waals surface area contributed by atoms with E-state index in [9.17, 15) is 28.8 Å². The van der Waals surface area contributed by atoms with Crippen LogP contribution in [0.4, 0.5) is 4.79 Å². The largest absolute Gasteiger partial charge is 0.377 e. The highest BCUT2D eigenvalue weighted by Gasteiger charge is 2.27. The van der Waals surface area contributed by atoms with E-state index in [0.29, 0.717) is 19.4 Å². The van der Waals surface area contributed by atoms with Crippen LogP contribution in [0.2, 0.25) is 0 Å². The number of carbonyl (C=O) groups excluding carboxylic acids is 6.